The Morgan fingerprint density at radius 3 is 3.00 bits per heavy atom. The number of aryl methyl sites for hydroxylation is 1. The molecule has 0 fully saturated rings. The number of carbonyl (C=O) groups excluding carboxylic acids is 1. The van der Waals surface area contributed by atoms with E-state index in [0.717, 1.165) is 11.7 Å². The molecule has 0 atom stereocenters. The van der Waals surface area contributed by atoms with Crippen LogP contribution in [0, 0.1) is 0 Å². The highest BCUT2D eigenvalue weighted by atomic mass is 32.1. The Balaban J connectivity index is 2.39. The highest BCUT2D eigenvalue weighted by molar-refractivity contribution is 6.99. The topological polar surface area (TPSA) is 60.7 Å². The summed E-state index contributed by atoms with van der Waals surface area (Å²) in [6.45, 7) is 0. The molecule has 5 nitrogen and oxygen atoms in total. The largest absolute Gasteiger partial charge is 0.331 e. The smallest absolute Gasteiger partial charge is 0.249 e. The maximum atomic E-state index is 11.6. The van der Waals surface area contributed by atoms with E-state index in [4.69, 9.17) is 0 Å². The van der Waals surface area contributed by atoms with Gasteiger partial charge in [-0.05, 0) is 0 Å². The predicted octanol–water partition coefficient (Wildman–Crippen LogP) is 0.503. The molecule has 0 amide bonds. The van der Waals surface area contributed by atoms with Crippen molar-refractivity contribution < 1.29 is 4.79 Å². The lowest BCUT2D eigenvalue weighted by molar-refractivity contribution is 0.102. The van der Waals surface area contributed by atoms with Crippen molar-refractivity contribution >= 4 is 17.5 Å². The molecule has 2 aromatic rings. The van der Waals surface area contributed by atoms with Crippen molar-refractivity contribution in [2.45, 2.75) is 0 Å². The summed E-state index contributed by atoms with van der Waals surface area (Å²) < 4.78 is 9.25. The Bertz CT molecular complexity index is 419. The summed E-state index contributed by atoms with van der Waals surface area (Å²) in [7, 11) is 1.76. The number of nitrogens with zero attached hydrogens (tertiary/aromatic N) is 4. The maximum Gasteiger partial charge on any atom is 0.249 e. The summed E-state index contributed by atoms with van der Waals surface area (Å²) in [6.07, 6.45) is 4.74. The molecule has 0 aliphatic heterocycles. The lowest BCUT2D eigenvalue weighted by Crippen LogP contribution is -2.08. The zero-order valence-electron chi connectivity index (χ0n) is 6.84. The lowest BCUT2D eigenvalue weighted by Gasteiger charge is -1.95. The van der Waals surface area contributed by atoms with Crippen LogP contribution in [0.4, 0.5) is 0 Å². The molecule has 13 heavy (non-hydrogen) atoms. The number of carbonyl (C=O) groups is 1. The van der Waals surface area contributed by atoms with Gasteiger partial charge in [-0.2, -0.15) is 8.75 Å². The van der Waals surface area contributed by atoms with Gasteiger partial charge in [0.15, 0.2) is 5.82 Å². The average molecular weight is 194 g/mol. The fourth-order valence-corrected chi connectivity index (χ4v) is 1.38. The van der Waals surface area contributed by atoms with E-state index in [1.54, 1.807) is 24.0 Å². The minimum atomic E-state index is -0.193. The van der Waals surface area contributed by atoms with E-state index in [-0.39, 0.29) is 5.78 Å². The normalized spacial score (nSPS) is 10.2. The number of ketones is 1. The van der Waals surface area contributed by atoms with E-state index in [1.165, 1.54) is 6.20 Å². The summed E-state index contributed by atoms with van der Waals surface area (Å²) >= 11 is 1.01. The lowest BCUT2D eigenvalue weighted by atomic mass is 10.3. The zero-order valence-corrected chi connectivity index (χ0v) is 7.65. The van der Waals surface area contributed by atoms with Crippen LogP contribution >= 0.6 is 11.7 Å². The van der Waals surface area contributed by atoms with E-state index in [2.05, 4.69) is 13.7 Å². The highest BCUT2D eigenvalue weighted by Gasteiger charge is 2.15. The molecule has 0 aliphatic rings. The standard InChI is InChI=1S/C7H6N4OS/c1-11-3-2-8-7(11)6(12)5-4-9-13-10-5/h2-4H,1H3. The monoisotopic (exact) mass is 194 g/mol. The van der Waals surface area contributed by atoms with Crippen molar-refractivity contribution in [2.24, 2.45) is 7.05 Å². The Morgan fingerprint density at radius 2 is 2.46 bits per heavy atom. The third-order valence-corrected chi connectivity index (χ3v) is 2.10. The Kier molecular flexibility index (Phi) is 1.90. The van der Waals surface area contributed by atoms with E-state index in [1.807, 2.05) is 0 Å². The third-order valence-electron chi connectivity index (χ3n) is 1.62. The first-order valence-corrected chi connectivity index (χ1v) is 4.31. The van der Waals surface area contributed by atoms with Crippen molar-refractivity contribution in [1.82, 2.24) is 18.3 Å². The van der Waals surface area contributed by atoms with Crippen LogP contribution in [0.2, 0.25) is 0 Å². The summed E-state index contributed by atoms with van der Waals surface area (Å²) in [5.74, 6) is 0.189. The average Bonchev–Trinajstić information content (AvgIpc) is 2.72. The van der Waals surface area contributed by atoms with Crippen LogP contribution in [0.5, 0.6) is 0 Å². The Labute approximate surface area is 78.4 Å². The van der Waals surface area contributed by atoms with Crippen LogP contribution in [0.3, 0.4) is 0 Å². The van der Waals surface area contributed by atoms with Gasteiger partial charge in [-0.15, -0.1) is 0 Å². The highest BCUT2D eigenvalue weighted by Crippen LogP contribution is 2.04. The molecule has 0 bridgehead atoms. The molecule has 0 spiro atoms. The molecule has 2 aromatic heterocycles. The van der Waals surface area contributed by atoms with Gasteiger partial charge in [0.05, 0.1) is 17.9 Å². The first kappa shape index (κ1) is 8.06. The second-order valence-electron chi connectivity index (χ2n) is 2.48. The summed E-state index contributed by atoms with van der Waals surface area (Å²) in [5, 5.41) is 0. The molecule has 0 saturated heterocycles. The quantitative estimate of drug-likeness (QED) is 0.653. The van der Waals surface area contributed by atoms with Gasteiger partial charge < -0.3 is 4.57 Å². The van der Waals surface area contributed by atoms with Crippen LogP contribution in [0.1, 0.15) is 16.3 Å². The molecule has 0 saturated carbocycles. The second kappa shape index (κ2) is 3.06. The van der Waals surface area contributed by atoms with Crippen molar-refractivity contribution in [3.63, 3.8) is 0 Å². The van der Waals surface area contributed by atoms with Gasteiger partial charge in [-0.25, -0.2) is 4.98 Å². The van der Waals surface area contributed by atoms with Gasteiger partial charge in [0, 0.05) is 19.4 Å². The van der Waals surface area contributed by atoms with E-state index >= 15 is 0 Å². The minimum absolute atomic E-state index is 0.193. The van der Waals surface area contributed by atoms with Gasteiger partial charge in [0.1, 0.15) is 5.69 Å². The number of hydrogen-bond acceptors (Lipinski definition) is 5. The van der Waals surface area contributed by atoms with Crippen LogP contribution in [-0.2, 0) is 7.05 Å². The second-order valence-corrected chi connectivity index (χ2v) is 3.04. The SMILES string of the molecule is Cn1ccnc1C(=O)c1cnsn1. The molecule has 66 valence electrons. The molecule has 2 rings (SSSR count). The summed E-state index contributed by atoms with van der Waals surface area (Å²) in [4.78, 5) is 15.5. The van der Waals surface area contributed by atoms with Gasteiger partial charge >= 0.3 is 0 Å². The number of hydrogen-bond donors (Lipinski definition) is 0. The molecule has 0 unspecified atom stereocenters. The third kappa shape index (κ3) is 1.35. The zero-order chi connectivity index (χ0) is 9.26. The van der Waals surface area contributed by atoms with Crippen molar-refractivity contribution in [3.8, 4) is 0 Å². The predicted molar refractivity (Wildman–Crippen MR) is 46.5 cm³/mol. The molecule has 6 heteroatoms. The van der Waals surface area contributed by atoms with Crippen LogP contribution < -0.4 is 0 Å². The number of aromatic nitrogens is 4. The van der Waals surface area contributed by atoms with Crippen molar-refractivity contribution in [1.29, 1.82) is 0 Å². The van der Waals surface area contributed by atoms with Crippen LogP contribution in [-0.4, -0.2) is 24.1 Å². The molecule has 0 N–H and O–H groups in total. The van der Waals surface area contributed by atoms with Gasteiger partial charge in [0.25, 0.3) is 0 Å². The molecule has 2 heterocycles. The Hall–Kier alpha value is -1.56. The van der Waals surface area contributed by atoms with Gasteiger partial charge in [-0.3, -0.25) is 4.79 Å². The molecule has 0 radical (unpaired) electrons. The molecular weight excluding hydrogens is 188 g/mol. The van der Waals surface area contributed by atoms with E-state index in [0.29, 0.717) is 11.5 Å². The number of rotatable bonds is 2. The fraction of sp³-hybridized carbons (Fsp3) is 0.143. The van der Waals surface area contributed by atoms with Gasteiger partial charge in [0.2, 0.25) is 5.78 Å². The first-order valence-electron chi connectivity index (χ1n) is 3.58. The maximum absolute atomic E-state index is 11.6. The van der Waals surface area contributed by atoms with E-state index in [9.17, 15) is 4.79 Å². The molecule has 0 aromatic carbocycles. The minimum Gasteiger partial charge on any atom is -0.331 e. The number of imidazole rings is 1. The van der Waals surface area contributed by atoms with Gasteiger partial charge in [-0.1, -0.05) is 0 Å². The van der Waals surface area contributed by atoms with Crippen LogP contribution in [0.25, 0.3) is 0 Å². The Morgan fingerprint density at radius 1 is 1.62 bits per heavy atom. The van der Waals surface area contributed by atoms with E-state index < -0.39 is 0 Å². The fourth-order valence-electron chi connectivity index (χ4n) is 0.964. The van der Waals surface area contributed by atoms with Crippen LogP contribution in [0.15, 0.2) is 18.6 Å². The van der Waals surface area contributed by atoms with Crippen molar-refractivity contribution in [2.75, 3.05) is 0 Å². The summed E-state index contributed by atoms with van der Waals surface area (Å²) in [6, 6.07) is 0. The first-order chi connectivity index (χ1) is 6.29. The molecule has 0 aliphatic carbocycles. The molecular formula is C7H6N4OS. The summed E-state index contributed by atoms with van der Waals surface area (Å²) in [5.41, 5.74) is 0.347. The van der Waals surface area contributed by atoms with Crippen molar-refractivity contribution in [3.05, 3.63) is 30.1 Å².